The molecule has 6 radical (unpaired) electrons. The number of hydrogen-bond acceptors (Lipinski definition) is 6. The first-order valence-corrected chi connectivity index (χ1v) is 40.5. The zero-order valence-corrected chi connectivity index (χ0v) is 86.7. The van der Waals surface area contributed by atoms with Crippen LogP contribution < -0.4 is 0 Å². The largest absolute Gasteiger partial charge is 0.304 e. The van der Waals surface area contributed by atoms with E-state index in [1.807, 2.05) is 158 Å². The molecule has 126 heavy (non-hydrogen) atoms. The number of rotatable bonds is 12. The SMILES string of the molecule is Cc1ccc(-c2[c-]ccc(-c3ccc(C)cc3C)c2)nc1.Cc1ccc(-c2[c-]ccc(-c3cccc(C)c3)c2)nc1.Cc1ccc(-c2[c-]ccc(-c3ccccc3)c2)nc1.Cc1ccc(-c2[c-]ccc(-c3ccccc3C)c2)nc1.Cc1ccc(-c2[c-]ccc(-c3ccccc3C)c2)nc1.Cc1ccc(-c2[c-]ccc(-c3ccccc3C)c2)nc1.[Ir].[Ir].[Ir].[Ir].[Ir].[Ir]. The van der Waals surface area contributed by atoms with E-state index < -0.39 is 0 Å². The Morgan fingerprint density at radius 3 is 0.643 bits per heavy atom. The minimum Gasteiger partial charge on any atom is -0.304 e. The molecule has 6 aromatic heterocycles. The van der Waals surface area contributed by atoms with Crippen molar-refractivity contribution < 1.29 is 121 Å². The van der Waals surface area contributed by atoms with Crippen LogP contribution in [0.4, 0.5) is 0 Å². The van der Waals surface area contributed by atoms with Crippen molar-refractivity contribution in [2.24, 2.45) is 0 Å². The summed E-state index contributed by atoms with van der Waals surface area (Å²) in [6.07, 6.45) is 11.4. The smallest absolute Gasteiger partial charge is 0.0190 e. The molecule has 0 aliphatic heterocycles. The minimum absolute atomic E-state index is 0. The number of aryl methyl sites for hydroxylation is 12. The normalized spacial score (nSPS) is 10.0. The third-order valence-corrected chi connectivity index (χ3v) is 20.5. The van der Waals surface area contributed by atoms with Gasteiger partial charge in [0.1, 0.15) is 0 Å². The number of pyridine rings is 6. The van der Waals surface area contributed by atoms with E-state index >= 15 is 0 Å². The molecule has 6 nitrogen and oxygen atoms in total. The van der Waals surface area contributed by atoms with E-state index in [9.17, 15) is 0 Å². The topological polar surface area (TPSA) is 77.3 Å². The van der Waals surface area contributed by atoms with Crippen molar-refractivity contribution >= 4 is 0 Å². The molecular formula is C114H96Ir6N6-6. The van der Waals surface area contributed by atoms with Gasteiger partial charge in [0.25, 0.3) is 0 Å². The van der Waals surface area contributed by atoms with Crippen LogP contribution in [-0.2, 0) is 121 Å². The number of hydrogen-bond donors (Lipinski definition) is 0. The van der Waals surface area contributed by atoms with Gasteiger partial charge in [-0.15, -0.1) is 212 Å². The average molecular weight is 2700 g/mol. The predicted molar refractivity (Wildman–Crippen MR) is 501 cm³/mol. The zero-order chi connectivity index (χ0) is 83.7. The van der Waals surface area contributed by atoms with Crippen LogP contribution in [0.3, 0.4) is 0 Å². The summed E-state index contributed by atoms with van der Waals surface area (Å²) in [6, 6.07) is 132. The van der Waals surface area contributed by atoms with Crippen molar-refractivity contribution in [3.8, 4) is 134 Å². The Morgan fingerprint density at radius 2 is 0.381 bits per heavy atom. The van der Waals surface area contributed by atoms with Crippen molar-refractivity contribution in [2.45, 2.75) is 83.1 Å². The Morgan fingerprint density at radius 1 is 0.159 bits per heavy atom. The average Bonchev–Trinajstić information content (AvgIpc) is 0.825. The van der Waals surface area contributed by atoms with Gasteiger partial charge in [0.2, 0.25) is 0 Å². The molecule has 12 aromatic carbocycles. The molecule has 0 bridgehead atoms. The number of benzene rings is 12. The zero-order valence-electron chi connectivity index (χ0n) is 72.3. The molecular weight excluding hydrogens is 2610 g/mol. The van der Waals surface area contributed by atoms with Gasteiger partial charge in [0, 0.05) is 158 Å². The van der Waals surface area contributed by atoms with Crippen molar-refractivity contribution in [1.29, 1.82) is 0 Å². The van der Waals surface area contributed by atoms with Gasteiger partial charge < -0.3 is 29.9 Å². The fourth-order valence-electron chi connectivity index (χ4n) is 13.8. The molecule has 18 rings (SSSR count). The van der Waals surface area contributed by atoms with E-state index in [1.54, 1.807) is 0 Å². The fourth-order valence-corrected chi connectivity index (χ4v) is 13.8. The number of nitrogens with zero attached hydrogens (tertiary/aromatic N) is 6. The molecule has 0 unspecified atom stereocenters. The van der Waals surface area contributed by atoms with Crippen LogP contribution in [0.15, 0.2) is 365 Å². The summed E-state index contributed by atoms with van der Waals surface area (Å²) in [5.74, 6) is 0. The molecule has 0 saturated carbocycles. The molecule has 0 fully saturated rings. The summed E-state index contributed by atoms with van der Waals surface area (Å²) in [6.45, 7) is 25.1. The van der Waals surface area contributed by atoms with E-state index in [-0.39, 0.29) is 121 Å². The van der Waals surface area contributed by atoms with Gasteiger partial charge in [-0.2, -0.15) is 0 Å². The molecule has 18 aromatic rings. The monoisotopic (exact) mass is 2710 g/mol. The van der Waals surface area contributed by atoms with Gasteiger partial charge in [-0.25, -0.2) is 0 Å². The van der Waals surface area contributed by atoms with Gasteiger partial charge in [-0.05, 0) is 206 Å². The van der Waals surface area contributed by atoms with Gasteiger partial charge >= 0.3 is 0 Å². The Hall–Kier alpha value is -10.6. The van der Waals surface area contributed by atoms with E-state index in [0.29, 0.717) is 0 Å². The molecule has 0 atom stereocenters. The van der Waals surface area contributed by atoms with E-state index in [0.717, 1.165) is 67.5 Å². The molecule has 12 heteroatoms. The summed E-state index contributed by atoms with van der Waals surface area (Å²) in [5.41, 5.74) is 41.4. The second-order valence-electron chi connectivity index (χ2n) is 30.3. The van der Waals surface area contributed by atoms with Gasteiger partial charge in [0.05, 0.1) is 0 Å². The molecule has 0 aliphatic carbocycles. The molecule has 642 valence electrons. The van der Waals surface area contributed by atoms with Crippen LogP contribution in [0.2, 0.25) is 0 Å². The van der Waals surface area contributed by atoms with E-state index in [4.69, 9.17) is 0 Å². The quantitative estimate of drug-likeness (QED) is 0.113. The summed E-state index contributed by atoms with van der Waals surface area (Å²) in [5, 5.41) is 0. The van der Waals surface area contributed by atoms with Crippen LogP contribution >= 0.6 is 0 Å². The summed E-state index contributed by atoms with van der Waals surface area (Å²) in [7, 11) is 0. The molecule has 0 N–H and O–H groups in total. The maximum absolute atomic E-state index is 4.49. The molecule has 0 amide bonds. The minimum atomic E-state index is 0. The Labute approximate surface area is 827 Å². The second kappa shape index (κ2) is 51.3. The second-order valence-corrected chi connectivity index (χ2v) is 30.3. The van der Waals surface area contributed by atoms with Crippen LogP contribution in [0.1, 0.15) is 66.8 Å². The summed E-state index contributed by atoms with van der Waals surface area (Å²) in [4.78, 5) is 26.8. The van der Waals surface area contributed by atoms with Gasteiger partial charge in [0.15, 0.2) is 0 Å². The van der Waals surface area contributed by atoms with Crippen LogP contribution in [-0.4, -0.2) is 29.9 Å². The first kappa shape index (κ1) is 103. The van der Waals surface area contributed by atoms with Crippen LogP contribution in [0.25, 0.3) is 134 Å². The Balaban J connectivity index is 0.000000206. The molecule has 6 heterocycles. The third kappa shape index (κ3) is 29.2. The third-order valence-electron chi connectivity index (χ3n) is 20.5. The van der Waals surface area contributed by atoms with Gasteiger partial charge in [-0.1, -0.05) is 230 Å². The van der Waals surface area contributed by atoms with Crippen LogP contribution in [0.5, 0.6) is 0 Å². The van der Waals surface area contributed by atoms with Crippen molar-refractivity contribution in [2.75, 3.05) is 0 Å². The van der Waals surface area contributed by atoms with Crippen LogP contribution in [0, 0.1) is 119 Å². The standard InChI is InChI=1S/C20H18N.4C19H16N.C18H14N.6Ir/c1-14-7-9-19(16(3)11-14)17-5-4-6-18(12-17)20-10-8-15(2)13-21-20;1-14-5-3-6-16(11-14)17-7-4-8-18(12-17)19-10-9-15(2)13-20-19;3*1-14-10-11-19(20-13-14)17-8-5-7-16(12-17)18-9-4-3-6-15(18)2;1-14-10-11-18(19-13-14)17-9-5-8-16(12-17)15-6-3-2-4-7-15;;;;;;/h4-5,7-13H,1-3H3;4*3-7,9-13H,1-2H3;2-8,10-13H,1H3;;;;;;/q6*-1;;;;;;. The van der Waals surface area contributed by atoms with Gasteiger partial charge in [-0.3, -0.25) is 0 Å². The summed E-state index contributed by atoms with van der Waals surface area (Å²) >= 11 is 0. The first-order valence-electron chi connectivity index (χ1n) is 40.5. The van der Waals surface area contributed by atoms with Crippen molar-refractivity contribution in [3.63, 3.8) is 0 Å². The summed E-state index contributed by atoms with van der Waals surface area (Å²) < 4.78 is 0. The maximum Gasteiger partial charge on any atom is 0.0190 e. The molecule has 0 saturated heterocycles. The first-order chi connectivity index (χ1) is 58.4. The molecule has 0 aliphatic rings. The number of aromatic nitrogens is 6. The Kier molecular flexibility index (Phi) is 41.7. The van der Waals surface area contributed by atoms with E-state index in [1.165, 1.54) is 134 Å². The fraction of sp³-hybridized carbons (Fsp3) is 0.105. The Bertz CT molecular complexity index is 6090. The predicted octanol–water partition coefficient (Wildman–Crippen LogP) is 29.0. The van der Waals surface area contributed by atoms with E-state index in [2.05, 4.69) is 357 Å². The maximum atomic E-state index is 4.49. The molecule has 0 spiro atoms. The van der Waals surface area contributed by atoms with Crippen molar-refractivity contribution in [3.05, 3.63) is 468 Å². The van der Waals surface area contributed by atoms with Crippen molar-refractivity contribution in [1.82, 2.24) is 29.9 Å².